The molecule has 2 N–H and O–H groups in total. The summed E-state index contributed by atoms with van der Waals surface area (Å²) in [7, 11) is 2.94. The Labute approximate surface area is 270 Å². The van der Waals surface area contributed by atoms with Crippen LogP contribution in [0.3, 0.4) is 0 Å². The van der Waals surface area contributed by atoms with Crippen LogP contribution in [0.5, 0.6) is 5.75 Å². The lowest BCUT2D eigenvalue weighted by Crippen LogP contribution is -2.55. The molecule has 1 aliphatic rings. The van der Waals surface area contributed by atoms with Crippen molar-refractivity contribution in [2.75, 3.05) is 45.3 Å². The fourth-order valence-corrected chi connectivity index (χ4v) is 6.04. The second-order valence-electron chi connectivity index (χ2n) is 11.0. The highest BCUT2D eigenvalue weighted by Gasteiger charge is 2.32. The molecule has 244 valence electrons. The molecule has 0 bridgehead atoms. The van der Waals surface area contributed by atoms with Crippen molar-refractivity contribution in [2.24, 2.45) is 4.99 Å². The number of hydrogen-bond donors (Lipinski definition) is 2. The second kappa shape index (κ2) is 14.7. The lowest BCUT2D eigenvalue weighted by atomic mass is 10.0. The number of hydrogen-bond acceptors (Lipinski definition) is 7. The van der Waals surface area contributed by atoms with Gasteiger partial charge in [0.05, 0.1) is 11.1 Å². The lowest BCUT2D eigenvalue weighted by molar-refractivity contribution is -0.128. The van der Waals surface area contributed by atoms with E-state index < -0.39 is 28.9 Å². The first-order chi connectivity index (χ1) is 21.9. The molecule has 0 radical (unpaired) electrons. The van der Waals surface area contributed by atoms with E-state index in [1.54, 1.807) is 24.3 Å². The number of amides is 2. The number of para-hydroxylation sites is 1. The zero-order valence-electron chi connectivity index (χ0n) is 26.7. The van der Waals surface area contributed by atoms with Gasteiger partial charge in [-0.25, -0.2) is 23.6 Å². The highest BCUT2D eigenvalue weighted by Crippen LogP contribution is 2.38. The van der Waals surface area contributed by atoms with Crippen LogP contribution in [-0.2, 0) is 16.0 Å². The van der Waals surface area contributed by atoms with Crippen molar-refractivity contribution in [3.8, 4) is 17.0 Å². The van der Waals surface area contributed by atoms with Gasteiger partial charge in [0.15, 0.2) is 10.7 Å². The Morgan fingerprint density at radius 2 is 1.89 bits per heavy atom. The Balaban J connectivity index is 1.98. The van der Waals surface area contributed by atoms with Gasteiger partial charge in [0, 0.05) is 39.8 Å². The van der Waals surface area contributed by atoms with Gasteiger partial charge >= 0.3 is 6.09 Å². The van der Waals surface area contributed by atoms with Crippen LogP contribution < -0.4 is 15.4 Å². The van der Waals surface area contributed by atoms with Crippen molar-refractivity contribution < 1.29 is 27.7 Å². The van der Waals surface area contributed by atoms with E-state index in [-0.39, 0.29) is 46.3 Å². The molecule has 2 aromatic carbocycles. The van der Waals surface area contributed by atoms with Crippen LogP contribution in [0.1, 0.15) is 37.8 Å². The molecule has 2 unspecified atom stereocenters. The molecule has 2 amide bonds. The largest absolute Gasteiger partial charge is 0.612 e. The number of carbonyl (C=O) groups is 2. The Kier molecular flexibility index (Phi) is 11.0. The van der Waals surface area contributed by atoms with Crippen molar-refractivity contribution in [2.45, 2.75) is 37.6 Å². The third-order valence-electron chi connectivity index (χ3n) is 7.64. The van der Waals surface area contributed by atoms with Crippen LogP contribution in [0.4, 0.5) is 25.1 Å². The molecule has 4 rings (SSSR count). The number of nitrogens with one attached hydrogen (secondary N) is 2. The summed E-state index contributed by atoms with van der Waals surface area (Å²) in [6, 6.07) is 10.2. The number of benzene rings is 2. The normalized spacial score (nSPS) is 15.9. The molecule has 0 aliphatic carbocycles. The van der Waals surface area contributed by atoms with Crippen LogP contribution in [0.2, 0.25) is 0 Å². The number of carbonyl (C=O) groups excluding carboxylic acids is 2. The topological polar surface area (TPSA) is 122 Å². The van der Waals surface area contributed by atoms with E-state index in [0.29, 0.717) is 36.1 Å². The summed E-state index contributed by atoms with van der Waals surface area (Å²) in [5, 5.41) is 5.28. The van der Waals surface area contributed by atoms with Crippen molar-refractivity contribution >= 4 is 40.5 Å². The van der Waals surface area contributed by atoms with E-state index >= 15 is 8.78 Å². The van der Waals surface area contributed by atoms with E-state index in [2.05, 4.69) is 22.2 Å². The number of pyridine rings is 1. The lowest BCUT2D eigenvalue weighted by Gasteiger charge is -2.41. The standard InChI is InChI=1S/C33H38F2N6O4S/c1-8-27(42)40-15-16-41(20(4)18-40)32(39-29-21(19(2)3)11-9-14-26(29)46(7)44)22-17-24(35)30(38-31(22)36-5)28-23(34)12-10-13-25(28)45-33(43)37-6/h8-14,17,19-20H,1,15-16,18H2,2-7H3,(H,36,38)(H,37,43)/b39-32+. The Bertz CT molecular complexity index is 1640. The molecule has 0 spiro atoms. The molecule has 46 heavy (non-hydrogen) atoms. The Hall–Kier alpha value is -4.49. The molecular weight excluding hydrogens is 614 g/mol. The smallest absolute Gasteiger partial charge is 0.412 e. The summed E-state index contributed by atoms with van der Waals surface area (Å²) >= 11 is -1.40. The van der Waals surface area contributed by atoms with Gasteiger partial charge in [-0.2, -0.15) is 0 Å². The predicted molar refractivity (Wildman–Crippen MR) is 176 cm³/mol. The molecule has 1 aromatic heterocycles. The van der Waals surface area contributed by atoms with Gasteiger partial charge in [0.1, 0.15) is 40.9 Å². The van der Waals surface area contributed by atoms with Gasteiger partial charge in [0.2, 0.25) is 5.91 Å². The summed E-state index contributed by atoms with van der Waals surface area (Å²) in [5.41, 5.74) is 0.889. The maximum absolute atomic E-state index is 16.2. The van der Waals surface area contributed by atoms with Crippen LogP contribution >= 0.6 is 0 Å². The number of aliphatic imine (C=N–C) groups is 1. The minimum atomic E-state index is -1.40. The molecule has 2 heterocycles. The van der Waals surface area contributed by atoms with Crippen LogP contribution in [-0.4, -0.2) is 83.2 Å². The van der Waals surface area contributed by atoms with E-state index in [0.717, 1.165) is 11.6 Å². The fourth-order valence-electron chi connectivity index (χ4n) is 5.34. The number of nitrogens with zero attached hydrogens (tertiary/aromatic N) is 4. The Morgan fingerprint density at radius 1 is 1.17 bits per heavy atom. The van der Waals surface area contributed by atoms with Gasteiger partial charge in [-0.15, -0.1) is 0 Å². The second-order valence-corrected chi connectivity index (χ2v) is 12.3. The van der Waals surface area contributed by atoms with Gasteiger partial charge in [-0.3, -0.25) is 4.79 Å². The van der Waals surface area contributed by atoms with Crippen molar-refractivity contribution in [1.82, 2.24) is 20.1 Å². The molecular formula is C33H38F2N6O4S. The van der Waals surface area contributed by atoms with Gasteiger partial charge in [0.25, 0.3) is 0 Å². The number of rotatable bonds is 8. The third kappa shape index (κ3) is 7.15. The van der Waals surface area contributed by atoms with Crippen LogP contribution in [0, 0.1) is 11.6 Å². The van der Waals surface area contributed by atoms with Gasteiger partial charge < -0.3 is 29.7 Å². The number of anilines is 1. The first-order valence-electron chi connectivity index (χ1n) is 14.7. The number of aromatic nitrogens is 1. The summed E-state index contributed by atoms with van der Waals surface area (Å²) in [4.78, 5) is 38.1. The first kappa shape index (κ1) is 34.4. The molecule has 2 atom stereocenters. The fraction of sp³-hybridized carbons (Fsp3) is 0.333. The average Bonchev–Trinajstić information content (AvgIpc) is 3.03. The molecule has 1 fully saturated rings. The van der Waals surface area contributed by atoms with Gasteiger partial charge in [-0.05, 0) is 59.9 Å². The predicted octanol–water partition coefficient (Wildman–Crippen LogP) is 5.44. The quantitative estimate of drug-likeness (QED) is 0.144. The van der Waals surface area contributed by atoms with Crippen molar-refractivity contribution in [1.29, 1.82) is 0 Å². The maximum Gasteiger partial charge on any atom is 0.412 e. The molecule has 1 saturated heterocycles. The molecule has 3 aromatic rings. The zero-order valence-corrected chi connectivity index (χ0v) is 27.5. The highest BCUT2D eigenvalue weighted by atomic mass is 32.2. The third-order valence-corrected chi connectivity index (χ3v) is 8.59. The van der Waals surface area contributed by atoms with Crippen molar-refractivity contribution in [3.63, 3.8) is 0 Å². The van der Waals surface area contributed by atoms with Crippen LogP contribution in [0.25, 0.3) is 11.3 Å². The number of ether oxygens (including phenoxy) is 1. The maximum atomic E-state index is 16.2. The highest BCUT2D eigenvalue weighted by molar-refractivity contribution is 7.90. The SMILES string of the molecule is C=CC(=O)N1CCN(/C(=N/c2c(C(C)C)cccc2[S+](C)[O-])c2cc(F)c(-c3c(F)cccc3OC(=O)NC)nc2NC)C(C)C1. The summed E-state index contributed by atoms with van der Waals surface area (Å²) in [6.07, 6.45) is 1.98. The minimum Gasteiger partial charge on any atom is -0.612 e. The molecule has 13 heteroatoms. The summed E-state index contributed by atoms with van der Waals surface area (Å²) in [5.74, 6) is -1.63. The monoisotopic (exact) mass is 652 g/mol. The first-order valence-corrected chi connectivity index (χ1v) is 16.3. The number of halogens is 2. The van der Waals surface area contributed by atoms with E-state index in [1.165, 1.54) is 31.3 Å². The van der Waals surface area contributed by atoms with E-state index in [1.807, 2.05) is 37.8 Å². The average molecular weight is 653 g/mol. The summed E-state index contributed by atoms with van der Waals surface area (Å²) < 4.78 is 49.6. The number of amidine groups is 1. The van der Waals surface area contributed by atoms with E-state index in [9.17, 15) is 14.1 Å². The van der Waals surface area contributed by atoms with Crippen molar-refractivity contribution in [3.05, 3.63) is 77.9 Å². The molecule has 0 saturated carbocycles. The molecule has 1 aliphatic heterocycles. The minimum absolute atomic E-state index is 0.0174. The number of piperazine rings is 1. The zero-order chi connectivity index (χ0) is 33.7. The molecule has 10 nitrogen and oxygen atoms in total. The van der Waals surface area contributed by atoms with Crippen LogP contribution in [0.15, 0.2) is 65.0 Å². The van der Waals surface area contributed by atoms with E-state index in [4.69, 9.17) is 9.73 Å². The summed E-state index contributed by atoms with van der Waals surface area (Å²) in [6.45, 7) is 10.6. The Morgan fingerprint density at radius 3 is 2.50 bits per heavy atom. The van der Waals surface area contributed by atoms with Gasteiger partial charge in [-0.1, -0.05) is 38.6 Å².